The zero-order valence-electron chi connectivity index (χ0n) is 9.40. The molecule has 0 bridgehead atoms. The maximum absolute atomic E-state index is 11.3. The summed E-state index contributed by atoms with van der Waals surface area (Å²) >= 11 is 0. The molecule has 0 spiro atoms. The zero-order valence-corrected chi connectivity index (χ0v) is 9.40. The molecule has 1 aliphatic heterocycles. The van der Waals surface area contributed by atoms with E-state index in [0.29, 0.717) is 12.8 Å². The van der Waals surface area contributed by atoms with Crippen molar-refractivity contribution in [2.24, 2.45) is 5.92 Å². The van der Waals surface area contributed by atoms with E-state index in [4.69, 9.17) is 0 Å². The Kier molecular flexibility index (Phi) is 4.27. The van der Waals surface area contributed by atoms with Gasteiger partial charge in [-0.3, -0.25) is 14.5 Å². The van der Waals surface area contributed by atoms with E-state index < -0.39 is 6.10 Å². The number of amides is 2. The van der Waals surface area contributed by atoms with Gasteiger partial charge >= 0.3 is 0 Å². The van der Waals surface area contributed by atoms with Crippen molar-refractivity contribution in [3.8, 4) is 0 Å². The number of carbonyl (C=O) groups is 2. The minimum Gasteiger partial charge on any atom is -0.391 e. The highest BCUT2D eigenvalue weighted by Crippen LogP contribution is 2.18. The fraction of sp³-hybridized carbons (Fsp3) is 0.818. The van der Waals surface area contributed by atoms with Crippen molar-refractivity contribution in [3.63, 3.8) is 0 Å². The Labute approximate surface area is 90.3 Å². The summed E-state index contributed by atoms with van der Waals surface area (Å²) in [5, 5.41) is 9.86. The van der Waals surface area contributed by atoms with Gasteiger partial charge in [-0.15, -0.1) is 0 Å². The quantitative estimate of drug-likeness (QED) is 0.691. The normalized spacial score (nSPS) is 19.1. The molecule has 1 saturated heterocycles. The molecule has 1 heterocycles. The standard InChI is InChI=1S/C11H19NO3/c1-3-8(4-2)9(13)7-12-10(14)5-6-11(12)15/h8-9,13H,3-7H2,1-2H3. The molecule has 15 heavy (non-hydrogen) atoms. The van der Waals surface area contributed by atoms with Crippen LogP contribution in [0.15, 0.2) is 0 Å². The van der Waals surface area contributed by atoms with Crippen molar-refractivity contribution in [1.29, 1.82) is 0 Å². The van der Waals surface area contributed by atoms with E-state index in [1.807, 2.05) is 13.8 Å². The van der Waals surface area contributed by atoms with E-state index in [1.165, 1.54) is 4.90 Å². The second kappa shape index (κ2) is 5.26. The van der Waals surface area contributed by atoms with Crippen molar-refractivity contribution in [2.75, 3.05) is 6.54 Å². The van der Waals surface area contributed by atoms with Gasteiger partial charge in [-0.1, -0.05) is 26.7 Å². The van der Waals surface area contributed by atoms with Crippen molar-refractivity contribution >= 4 is 11.8 Å². The van der Waals surface area contributed by atoms with Gasteiger partial charge in [-0.25, -0.2) is 0 Å². The predicted octanol–water partition coefficient (Wildman–Crippen LogP) is 0.932. The Morgan fingerprint density at radius 3 is 2.07 bits per heavy atom. The molecule has 1 N–H and O–H groups in total. The topological polar surface area (TPSA) is 57.6 Å². The largest absolute Gasteiger partial charge is 0.391 e. The van der Waals surface area contributed by atoms with Gasteiger partial charge < -0.3 is 5.11 Å². The van der Waals surface area contributed by atoms with Gasteiger partial charge in [0.2, 0.25) is 11.8 Å². The summed E-state index contributed by atoms with van der Waals surface area (Å²) in [6.45, 7) is 4.18. The number of imide groups is 1. The van der Waals surface area contributed by atoms with E-state index in [0.717, 1.165) is 12.8 Å². The minimum atomic E-state index is -0.578. The van der Waals surface area contributed by atoms with E-state index in [2.05, 4.69) is 0 Å². The molecular formula is C11H19NO3. The first-order valence-electron chi connectivity index (χ1n) is 5.61. The molecule has 1 atom stereocenters. The van der Waals surface area contributed by atoms with Gasteiger partial charge in [-0.05, 0) is 5.92 Å². The maximum Gasteiger partial charge on any atom is 0.229 e. The second-order valence-corrected chi connectivity index (χ2v) is 4.04. The molecule has 4 heteroatoms. The van der Waals surface area contributed by atoms with Crippen LogP contribution in [0.5, 0.6) is 0 Å². The Morgan fingerprint density at radius 1 is 1.20 bits per heavy atom. The van der Waals surface area contributed by atoms with Crippen LogP contribution in [0, 0.1) is 5.92 Å². The zero-order chi connectivity index (χ0) is 11.4. The molecule has 0 aromatic carbocycles. The van der Waals surface area contributed by atoms with Crippen LogP contribution in [-0.4, -0.2) is 34.5 Å². The number of rotatable bonds is 5. The predicted molar refractivity (Wildman–Crippen MR) is 56.0 cm³/mol. The number of likely N-dealkylation sites (tertiary alicyclic amines) is 1. The number of hydrogen-bond donors (Lipinski definition) is 1. The monoisotopic (exact) mass is 213 g/mol. The van der Waals surface area contributed by atoms with Crippen molar-refractivity contribution in [2.45, 2.75) is 45.6 Å². The average Bonchev–Trinajstić information content (AvgIpc) is 2.51. The first-order valence-corrected chi connectivity index (χ1v) is 5.61. The molecule has 0 aromatic rings. The summed E-state index contributed by atoms with van der Waals surface area (Å²) in [5.41, 5.74) is 0. The lowest BCUT2D eigenvalue weighted by Crippen LogP contribution is -2.39. The fourth-order valence-corrected chi connectivity index (χ4v) is 2.00. The highest BCUT2D eigenvalue weighted by atomic mass is 16.3. The van der Waals surface area contributed by atoms with Gasteiger partial charge in [0.1, 0.15) is 0 Å². The van der Waals surface area contributed by atoms with Crippen LogP contribution in [0.1, 0.15) is 39.5 Å². The van der Waals surface area contributed by atoms with E-state index in [1.54, 1.807) is 0 Å². The Morgan fingerprint density at radius 2 is 1.67 bits per heavy atom. The van der Waals surface area contributed by atoms with Gasteiger partial charge in [0.05, 0.1) is 12.6 Å². The third kappa shape index (κ3) is 2.78. The van der Waals surface area contributed by atoms with Gasteiger partial charge in [-0.2, -0.15) is 0 Å². The van der Waals surface area contributed by atoms with Crippen molar-refractivity contribution in [3.05, 3.63) is 0 Å². The molecule has 0 aliphatic carbocycles. The van der Waals surface area contributed by atoms with E-state index in [9.17, 15) is 14.7 Å². The van der Waals surface area contributed by atoms with Gasteiger partial charge in [0, 0.05) is 12.8 Å². The second-order valence-electron chi connectivity index (χ2n) is 4.04. The first-order chi connectivity index (χ1) is 7.10. The summed E-state index contributed by atoms with van der Waals surface area (Å²) in [5.74, 6) is -0.124. The molecule has 0 saturated carbocycles. The Hall–Kier alpha value is -0.900. The lowest BCUT2D eigenvalue weighted by Gasteiger charge is -2.24. The third-order valence-electron chi connectivity index (χ3n) is 3.12. The van der Waals surface area contributed by atoms with Crippen LogP contribution in [0.3, 0.4) is 0 Å². The fourth-order valence-electron chi connectivity index (χ4n) is 2.00. The molecule has 0 radical (unpaired) electrons. The number of aliphatic hydroxyl groups is 1. The maximum atomic E-state index is 11.3. The van der Waals surface area contributed by atoms with Crippen LogP contribution in [0.4, 0.5) is 0 Å². The van der Waals surface area contributed by atoms with E-state index >= 15 is 0 Å². The third-order valence-corrected chi connectivity index (χ3v) is 3.12. The molecular weight excluding hydrogens is 194 g/mol. The van der Waals surface area contributed by atoms with Gasteiger partial charge in [0.15, 0.2) is 0 Å². The van der Waals surface area contributed by atoms with Crippen LogP contribution < -0.4 is 0 Å². The lowest BCUT2D eigenvalue weighted by atomic mass is 9.96. The molecule has 1 rings (SSSR count). The summed E-state index contributed by atoms with van der Waals surface area (Å²) in [7, 11) is 0. The van der Waals surface area contributed by atoms with Crippen LogP contribution >= 0.6 is 0 Å². The Bertz CT molecular complexity index is 232. The van der Waals surface area contributed by atoms with Crippen LogP contribution in [0.2, 0.25) is 0 Å². The minimum absolute atomic E-state index is 0.148. The highest BCUT2D eigenvalue weighted by Gasteiger charge is 2.31. The highest BCUT2D eigenvalue weighted by molar-refractivity contribution is 6.01. The number of β-amino-alcohol motifs (C(OH)–C–C–N with tert-alkyl or cyclic N) is 1. The summed E-state index contributed by atoms with van der Waals surface area (Å²) in [6.07, 6.45) is 1.76. The number of carbonyl (C=O) groups excluding carboxylic acids is 2. The molecule has 1 aliphatic rings. The van der Waals surface area contributed by atoms with Crippen molar-refractivity contribution < 1.29 is 14.7 Å². The summed E-state index contributed by atoms with van der Waals surface area (Å²) in [4.78, 5) is 23.8. The van der Waals surface area contributed by atoms with E-state index in [-0.39, 0.29) is 24.3 Å². The molecule has 1 fully saturated rings. The van der Waals surface area contributed by atoms with Crippen molar-refractivity contribution in [1.82, 2.24) is 4.90 Å². The molecule has 86 valence electrons. The number of aliphatic hydroxyl groups excluding tert-OH is 1. The number of nitrogens with zero attached hydrogens (tertiary/aromatic N) is 1. The van der Waals surface area contributed by atoms with Gasteiger partial charge in [0.25, 0.3) is 0 Å². The summed E-state index contributed by atoms with van der Waals surface area (Å²) < 4.78 is 0. The average molecular weight is 213 g/mol. The van der Waals surface area contributed by atoms with Crippen LogP contribution in [-0.2, 0) is 9.59 Å². The Balaban J connectivity index is 2.53. The molecule has 1 unspecified atom stereocenters. The first kappa shape index (κ1) is 12.2. The molecule has 4 nitrogen and oxygen atoms in total. The van der Waals surface area contributed by atoms with Crippen LogP contribution in [0.25, 0.3) is 0 Å². The number of hydrogen-bond acceptors (Lipinski definition) is 3. The molecule has 0 aromatic heterocycles. The lowest BCUT2D eigenvalue weighted by molar-refractivity contribution is -0.140. The SMILES string of the molecule is CCC(CC)C(O)CN1C(=O)CCC1=O. The smallest absolute Gasteiger partial charge is 0.229 e. The molecule has 2 amide bonds. The summed E-state index contributed by atoms with van der Waals surface area (Å²) in [6, 6.07) is 0.